The Labute approximate surface area is 87.3 Å². The predicted molar refractivity (Wildman–Crippen MR) is 53.5 cm³/mol. The third-order valence-electron chi connectivity index (χ3n) is 1.71. The maximum absolute atomic E-state index is 10.4. The van der Waals surface area contributed by atoms with E-state index in [-0.39, 0.29) is 11.6 Å². The van der Waals surface area contributed by atoms with Crippen LogP contribution >= 0.6 is 11.6 Å². The highest BCUT2D eigenvalue weighted by Crippen LogP contribution is 2.15. The van der Waals surface area contributed by atoms with Crippen LogP contribution in [0.5, 0.6) is 0 Å². The monoisotopic (exact) mass is 216 g/mol. The molecule has 0 aliphatic heterocycles. The van der Waals surface area contributed by atoms with Gasteiger partial charge in [0, 0.05) is 6.42 Å². The summed E-state index contributed by atoms with van der Waals surface area (Å²) in [4.78, 5) is 17.4. The second kappa shape index (κ2) is 4.46. The lowest BCUT2D eigenvalue weighted by atomic mass is 10.1. The highest BCUT2D eigenvalue weighted by atomic mass is 35.5. The average molecular weight is 217 g/mol. The maximum atomic E-state index is 10.4. The number of nitrogens with zero attached hydrogens (tertiary/aromatic N) is 1. The van der Waals surface area contributed by atoms with Crippen LogP contribution < -0.4 is 0 Å². The van der Waals surface area contributed by atoms with Gasteiger partial charge >= 0.3 is 5.97 Å². The van der Waals surface area contributed by atoms with E-state index in [2.05, 4.69) is 23.8 Å². The number of H-pyrrole nitrogens is 1. The van der Waals surface area contributed by atoms with Gasteiger partial charge in [0.15, 0.2) is 5.15 Å². The van der Waals surface area contributed by atoms with Gasteiger partial charge < -0.3 is 10.1 Å². The molecule has 1 aromatic heterocycles. The van der Waals surface area contributed by atoms with Gasteiger partial charge in [-0.1, -0.05) is 25.4 Å². The van der Waals surface area contributed by atoms with E-state index < -0.39 is 5.97 Å². The van der Waals surface area contributed by atoms with E-state index in [4.69, 9.17) is 16.7 Å². The van der Waals surface area contributed by atoms with Crippen LogP contribution in [0.4, 0.5) is 0 Å². The van der Waals surface area contributed by atoms with Gasteiger partial charge in [0.05, 0.1) is 12.1 Å². The second-order valence-electron chi connectivity index (χ2n) is 3.62. The van der Waals surface area contributed by atoms with E-state index in [1.54, 1.807) is 0 Å². The van der Waals surface area contributed by atoms with E-state index >= 15 is 0 Å². The van der Waals surface area contributed by atoms with Crippen LogP contribution in [-0.2, 0) is 17.6 Å². The minimum absolute atomic E-state index is 0.107. The average Bonchev–Trinajstić information content (AvgIpc) is 2.28. The number of hydrogen-bond acceptors (Lipinski definition) is 2. The Morgan fingerprint density at radius 2 is 2.29 bits per heavy atom. The number of aromatic amines is 1. The van der Waals surface area contributed by atoms with Crippen LogP contribution in [0.3, 0.4) is 0 Å². The van der Waals surface area contributed by atoms with Gasteiger partial charge in [-0.25, -0.2) is 4.98 Å². The number of aliphatic carboxylic acids is 1. The second-order valence-corrected chi connectivity index (χ2v) is 3.98. The van der Waals surface area contributed by atoms with Crippen molar-refractivity contribution >= 4 is 17.6 Å². The highest BCUT2D eigenvalue weighted by Gasteiger charge is 2.11. The lowest BCUT2D eigenvalue weighted by Gasteiger charge is -1.98. The van der Waals surface area contributed by atoms with E-state index in [1.165, 1.54) is 0 Å². The summed E-state index contributed by atoms with van der Waals surface area (Å²) in [5.74, 6) is 0.308. The van der Waals surface area contributed by atoms with Gasteiger partial charge in [-0.05, 0) is 5.92 Å². The molecule has 0 amide bonds. The topological polar surface area (TPSA) is 66.0 Å². The minimum atomic E-state index is -0.911. The summed E-state index contributed by atoms with van der Waals surface area (Å²) in [6.07, 6.45) is 0.670. The van der Waals surface area contributed by atoms with Crippen LogP contribution in [0.1, 0.15) is 25.4 Å². The quantitative estimate of drug-likeness (QED) is 0.808. The summed E-state index contributed by atoms with van der Waals surface area (Å²) < 4.78 is 0. The zero-order valence-corrected chi connectivity index (χ0v) is 8.93. The normalized spacial score (nSPS) is 10.9. The standard InChI is InChI=1S/C9H13ClN2O2/c1-5(2)3-7-11-6(4-8(13)14)9(10)12-7/h5H,3-4H2,1-2H3,(H,11,12)(H,13,14). The van der Waals surface area contributed by atoms with Gasteiger partial charge in [0.2, 0.25) is 0 Å². The first kappa shape index (κ1) is 11.0. The van der Waals surface area contributed by atoms with Crippen molar-refractivity contribution in [1.82, 2.24) is 9.97 Å². The lowest BCUT2D eigenvalue weighted by molar-refractivity contribution is -0.136. The molecule has 78 valence electrons. The van der Waals surface area contributed by atoms with E-state index in [0.29, 0.717) is 11.6 Å². The fraction of sp³-hybridized carbons (Fsp3) is 0.556. The third-order valence-corrected chi connectivity index (χ3v) is 2.02. The first-order chi connectivity index (χ1) is 6.49. The van der Waals surface area contributed by atoms with Crippen LogP contribution in [0.25, 0.3) is 0 Å². The molecule has 0 bridgehead atoms. The smallest absolute Gasteiger partial charge is 0.309 e. The number of halogens is 1. The summed E-state index contributed by atoms with van der Waals surface area (Å²) in [6.45, 7) is 4.13. The van der Waals surface area contributed by atoms with Crippen LogP contribution in [-0.4, -0.2) is 21.0 Å². The zero-order chi connectivity index (χ0) is 10.7. The molecule has 0 unspecified atom stereocenters. The molecule has 0 radical (unpaired) electrons. The zero-order valence-electron chi connectivity index (χ0n) is 8.17. The van der Waals surface area contributed by atoms with E-state index in [0.717, 1.165) is 12.2 Å². The van der Waals surface area contributed by atoms with Crippen molar-refractivity contribution in [2.75, 3.05) is 0 Å². The number of carbonyl (C=O) groups is 1. The molecule has 4 nitrogen and oxygen atoms in total. The Morgan fingerprint density at radius 1 is 1.64 bits per heavy atom. The van der Waals surface area contributed by atoms with Crippen molar-refractivity contribution < 1.29 is 9.90 Å². The maximum Gasteiger partial charge on any atom is 0.309 e. The molecule has 1 aromatic rings. The third kappa shape index (κ3) is 3.03. The number of nitrogens with one attached hydrogen (secondary N) is 1. The van der Waals surface area contributed by atoms with E-state index in [9.17, 15) is 4.79 Å². The number of carboxylic acid groups (broad SMARTS) is 1. The van der Waals surface area contributed by atoms with Crippen LogP contribution in [0.15, 0.2) is 0 Å². The van der Waals surface area contributed by atoms with Crippen molar-refractivity contribution in [2.24, 2.45) is 5.92 Å². The Kier molecular flexibility index (Phi) is 3.52. The Bertz CT molecular complexity index is 334. The van der Waals surface area contributed by atoms with Gasteiger partial charge in [0.1, 0.15) is 5.82 Å². The highest BCUT2D eigenvalue weighted by molar-refractivity contribution is 6.30. The molecule has 0 atom stereocenters. The summed E-state index contributed by atoms with van der Waals surface area (Å²) in [5.41, 5.74) is 0.481. The molecule has 0 spiro atoms. The SMILES string of the molecule is CC(C)Cc1nc(Cl)c(CC(=O)O)[nH]1. The van der Waals surface area contributed by atoms with Crippen molar-refractivity contribution in [3.63, 3.8) is 0 Å². The molecule has 0 aliphatic rings. The number of aromatic nitrogens is 2. The van der Waals surface area contributed by atoms with Crippen molar-refractivity contribution in [3.8, 4) is 0 Å². The van der Waals surface area contributed by atoms with Gasteiger partial charge in [-0.15, -0.1) is 0 Å². The Hall–Kier alpha value is -1.03. The molecule has 0 aliphatic carbocycles. The van der Waals surface area contributed by atoms with Gasteiger partial charge in [-0.3, -0.25) is 4.79 Å². The first-order valence-electron chi connectivity index (χ1n) is 4.44. The number of imidazole rings is 1. The lowest BCUT2D eigenvalue weighted by Crippen LogP contribution is -2.01. The van der Waals surface area contributed by atoms with Crippen LogP contribution in [0, 0.1) is 5.92 Å². The largest absolute Gasteiger partial charge is 0.481 e. The molecule has 1 heterocycles. The van der Waals surface area contributed by atoms with Crippen LogP contribution in [0.2, 0.25) is 5.15 Å². The number of rotatable bonds is 4. The number of carboxylic acids is 1. The van der Waals surface area contributed by atoms with Crippen molar-refractivity contribution in [1.29, 1.82) is 0 Å². The first-order valence-corrected chi connectivity index (χ1v) is 4.82. The Balaban J connectivity index is 2.76. The molecule has 0 saturated carbocycles. The summed E-state index contributed by atoms with van der Waals surface area (Å²) in [7, 11) is 0. The predicted octanol–water partition coefficient (Wildman–Crippen LogP) is 1.89. The molecule has 2 N–H and O–H groups in total. The summed E-state index contributed by atoms with van der Waals surface area (Å²) >= 11 is 5.77. The fourth-order valence-electron chi connectivity index (χ4n) is 1.19. The number of hydrogen-bond donors (Lipinski definition) is 2. The molecule has 0 aromatic carbocycles. The minimum Gasteiger partial charge on any atom is -0.481 e. The van der Waals surface area contributed by atoms with Gasteiger partial charge in [0.25, 0.3) is 0 Å². The van der Waals surface area contributed by atoms with Gasteiger partial charge in [-0.2, -0.15) is 0 Å². The molecule has 0 saturated heterocycles. The molecule has 14 heavy (non-hydrogen) atoms. The summed E-state index contributed by atoms with van der Waals surface area (Å²) in [5, 5.41) is 8.84. The van der Waals surface area contributed by atoms with Crippen molar-refractivity contribution in [2.45, 2.75) is 26.7 Å². The molecular weight excluding hydrogens is 204 g/mol. The van der Waals surface area contributed by atoms with Crippen molar-refractivity contribution in [3.05, 3.63) is 16.7 Å². The molecule has 5 heteroatoms. The van der Waals surface area contributed by atoms with E-state index in [1.807, 2.05) is 0 Å². The Morgan fingerprint density at radius 3 is 2.79 bits per heavy atom. The summed E-state index contributed by atoms with van der Waals surface area (Å²) in [6, 6.07) is 0. The molecule has 1 rings (SSSR count). The molecular formula is C9H13ClN2O2. The fourth-order valence-corrected chi connectivity index (χ4v) is 1.41. The molecule has 0 fully saturated rings.